The van der Waals surface area contributed by atoms with Crippen molar-refractivity contribution in [3.8, 4) is 0 Å². The standard InChI is InChI=1S/C19H14BrF6NO3/c1-30-17(29)15(6-10-3-2-4-14(20)5-10)27-16(28)11-7-12(18(21,22)23)9-13(8-11)19(24,25)26/h2-5,7-9,15H,6H2,1H3,(H,27,28)/t15-/m0/s1. The van der Waals surface area contributed by atoms with E-state index in [9.17, 15) is 35.9 Å². The minimum atomic E-state index is -5.10. The summed E-state index contributed by atoms with van der Waals surface area (Å²) in [5, 5.41) is 2.15. The molecule has 2 aromatic rings. The summed E-state index contributed by atoms with van der Waals surface area (Å²) in [4.78, 5) is 24.4. The second-order valence-corrected chi connectivity index (χ2v) is 7.09. The third kappa shape index (κ3) is 6.22. The van der Waals surface area contributed by atoms with Crippen molar-refractivity contribution in [1.29, 1.82) is 0 Å². The van der Waals surface area contributed by atoms with E-state index >= 15 is 0 Å². The zero-order chi connectivity index (χ0) is 22.7. The highest BCUT2D eigenvalue weighted by Crippen LogP contribution is 2.36. The molecular weight excluding hydrogens is 484 g/mol. The molecule has 0 aliphatic carbocycles. The van der Waals surface area contributed by atoms with Crippen molar-refractivity contribution in [1.82, 2.24) is 5.32 Å². The first kappa shape index (κ1) is 23.7. The van der Waals surface area contributed by atoms with Gasteiger partial charge in [-0.25, -0.2) is 4.79 Å². The number of esters is 1. The summed E-state index contributed by atoms with van der Waals surface area (Å²) < 4.78 is 83.2. The first-order chi connectivity index (χ1) is 13.8. The predicted octanol–water partition coefficient (Wildman–Crippen LogP) is 5.00. The number of amides is 1. The van der Waals surface area contributed by atoms with E-state index in [4.69, 9.17) is 0 Å². The average molecular weight is 498 g/mol. The number of ether oxygens (including phenoxy) is 1. The summed E-state index contributed by atoms with van der Waals surface area (Å²) in [5.41, 5.74) is -3.59. The van der Waals surface area contributed by atoms with Crippen LogP contribution in [0.4, 0.5) is 26.3 Å². The van der Waals surface area contributed by atoms with E-state index in [-0.39, 0.29) is 24.6 Å². The van der Waals surface area contributed by atoms with Crippen molar-refractivity contribution in [3.05, 3.63) is 69.2 Å². The first-order valence-electron chi connectivity index (χ1n) is 8.24. The third-order valence-electron chi connectivity index (χ3n) is 3.97. The molecule has 0 aromatic heterocycles. The summed E-state index contributed by atoms with van der Waals surface area (Å²) in [5.74, 6) is -2.19. The van der Waals surface area contributed by atoms with Gasteiger partial charge >= 0.3 is 18.3 Å². The van der Waals surface area contributed by atoms with Gasteiger partial charge < -0.3 is 10.1 Å². The highest BCUT2D eigenvalue weighted by molar-refractivity contribution is 9.10. The summed E-state index contributed by atoms with van der Waals surface area (Å²) in [7, 11) is 1.04. The lowest BCUT2D eigenvalue weighted by Crippen LogP contribution is -2.43. The molecule has 0 aliphatic heterocycles. The van der Waals surface area contributed by atoms with Crippen LogP contribution < -0.4 is 5.32 Å². The molecule has 0 bridgehead atoms. The Morgan fingerprint density at radius 3 is 2.03 bits per heavy atom. The van der Waals surface area contributed by atoms with E-state index < -0.39 is 47.0 Å². The van der Waals surface area contributed by atoms with Crippen LogP contribution in [-0.4, -0.2) is 25.0 Å². The maximum absolute atomic E-state index is 13.0. The number of nitrogens with one attached hydrogen (secondary N) is 1. The SMILES string of the molecule is COC(=O)[C@H](Cc1cccc(Br)c1)NC(=O)c1cc(C(F)(F)F)cc(C(F)(F)F)c1. The lowest BCUT2D eigenvalue weighted by molar-refractivity contribution is -0.144. The Bertz CT molecular complexity index is 910. The van der Waals surface area contributed by atoms with Crippen LogP contribution in [0.2, 0.25) is 0 Å². The van der Waals surface area contributed by atoms with Gasteiger partial charge in [0.25, 0.3) is 5.91 Å². The largest absolute Gasteiger partial charge is 0.467 e. The van der Waals surface area contributed by atoms with E-state index in [1.807, 2.05) is 0 Å². The lowest BCUT2D eigenvalue weighted by atomic mass is 10.0. The molecule has 30 heavy (non-hydrogen) atoms. The molecule has 1 atom stereocenters. The molecule has 2 rings (SSSR count). The Labute approximate surface area is 175 Å². The van der Waals surface area contributed by atoms with Gasteiger partial charge in [-0.3, -0.25) is 4.79 Å². The second-order valence-electron chi connectivity index (χ2n) is 6.18. The number of halogens is 7. The fourth-order valence-electron chi connectivity index (χ4n) is 2.56. The number of benzene rings is 2. The molecular formula is C19H14BrF6NO3. The van der Waals surface area contributed by atoms with Crippen molar-refractivity contribution in [2.45, 2.75) is 24.8 Å². The number of carbonyl (C=O) groups is 2. The molecule has 1 amide bonds. The van der Waals surface area contributed by atoms with Crippen LogP contribution >= 0.6 is 15.9 Å². The van der Waals surface area contributed by atoms with Crippen molar-refractivity contribution in [2.75, 3.05) is 7.11 Å². The number of alkyl halides is 6. The number of methoxy groups -OCH3 is 1. The molecule has 0 heterocycles. The smallest absolute Gasteiger partial charge is 0.416 e. The van der Waals surface area contributed by atoms with E-state index in [1.54, 1.807) is 24.3 Å². The van der Waals surface area contributed by atoms with Gasteiger partial charge in [0.15, 0.2) is 0 Å². The summed E-state index contributed by atoms with van der Waals surface area (Å²) in [6.45, 7) is 0. The fraction of sp³-hybridized carbons (Fsp3) is 0.263. The Morgan fingerprint density at radius 2 is 1.57 bits per heavy atom. The molecule has 162 valence electrons. The monoisotopic (exact) mass is 497 g/mol. The minimum Gasteiger partial charge on any atom is -0.467 e. The molecule has 2 aromatic carbocycles. The van der Waals surface area contributed by atoms with Crippen molar-refractivity contribution in [2.24, 2.45) is 0 Å². The van der Waals surface area contributed by atoms with Gasteiger partial charge in [-0.15, -0.1) is 0 Å². The fourth-order valence-corrected chi connectivity index (χ4v) is 3.01. The zero-order valence-corrected chi connectivity index (χ0v) is 16.8. The van der Waals surface area contributed by atoms with Crippen molar-refractivity contribution >= 4 is 27.8 Å². The van der Waals surface area contributed by atoms with Crippen LogP contribution in [-0.2, 0) is 28.3 Å². The van der Waals surface area contributed by atoms with Gasteiger partial charge in [0, 0.05) is 16.5 Å². The molecule has 4 nitrogen and oxygen atoms in total. The highest BCUT2D eigenvalue weighted by atomic mass is 79.9. The van der Waals surface area contributed by atoms with E-state index in [2.05, 4.69) is 26.0 Å². The van der Waals surface area contributed by atoms with E-state index in [1.165, 1.54) is 0 Å². The van der Waals surface area contributed by atoms with Crippen LogP contribution in [0, 0.1) is 0 Å². The highest BCUT2D eigenvalue weighted by Gasteiger charge is 2.37. The third-order valence-corrected chi connectivity index (χ3v) is 4.46. The number of hydrogen-bond donors (Lipinski definition) is 1. The van der Waals surface area contributed by atoms with Crippen LogP contribution in [0.3, 0.4) is 0 Å². The zero-order valence-electron chi connectivity index (χ0n) is 15.2. The minimum absolute atomic E-state index is 0.0872. The van der Waals surface area contributed by atoms with E-state index in [0.29, 0.717) is 10.0 Å². The molecule has 0 unspecified atom stereocenters. The van der Waals surface area contributed by atoms with Gasteiger partial charge in [-0.1, -0.05) is 28.1 Å². The molecule has 0 saturated heterocycles. The summed E-state index contributed by atoms with van der Waals surface area (Å²) in [6, 6.07) is 5.77. The first-order valence-corrected chi connectivity index (χ1v) is 9.03. The maximum Gasteiger partial charge on any atom is 0.416 e. The molecule has 0 aliphatic rings. The average Bonchev–Trinajstić information content (AvgIpc) is 2.65. The van der Waals surface area contributed by atoms with Gasteiger partial charge in [0.05, 0.1) is 18.2 Å². The molecule has 0 spiro atoms. The number of hydrogen-bond acceptors (Lipinski definition) is 3. The predicted molar refractivity (Wildman–Crippen MR) is 97.6 cm³/mol. The topological polar surface area (TPSA) is 55.4 Å². The molecule has 0 saturated carbocycles. The van der Waals surface area contributed by atoms with Crippen LogP contribution in [0.5, 0.6) is 0 Å². The van der Waals surface area contributed by atoms with Crippen LogP contribution in [0.1, 0.15) is 27.0 Å². The van der Waals surface area contributed by atoms with Gasteiger partial charge in [-0.2, -0.15) is 26.3 Å². The molecule has 0 fully saturated rings. The molecule has 11 heteroatoms. The second kappa shape index (κ2) is 9.07. The van der Waals surface area contributed by atoms with Crippen LogP contribution in [0.15, 0.2) is 46.9 Å². The Kier molecular flexibility index (Phi) is 7.17. The quantitative estimate of drug-likeness (QED) is 0.467. The maximum atomic E-state index is 13.0. The summed E-state index contributed by atoms with van der Waals surface area (Å²) in [6.07, 6.45) is -10.3. The molecule has 0 radical (unpaired) electrons. The molecule has 1 N–H and O–H groups in total. The summed E-state index contributed by atoms with van der Waals surface area (Å²) >= 11 is 3.23. The van der Waals surface area contributed by atoms with Gasteiger partial charge in [0.1, 0.15) is 6.04 Å². The number of rotatable bonds is 5. The van der Waals surface area contributed by atoms with Crippen molar-refractivity contribution < 1.29 is 40.7 Å². The lowest BCUT2D eigenvalue weighted by Gasteiger charge is -2.18. The van der Waals surface area contributed by atoms with Crippen LogP contribution in [0.25, 0.3) is 0 Å². The Morgan fingerprint density at radius 1 is 1.00 bits per heavy atom. The van der Waals surface area contributed by atoms with Gasteiger partial charge in [0.2, 0.25) is 0 Å². The normalized spacial score (nSPS) is 12.9. The van der Waals surface area contributed by atoms with E-state index in [0.717, 1.165) is 7.11 Å². The Balaban J connectivity index is 2.37. The van der Waals surface area contributed by atoms with Gasteiger partial charge in [-0.05, 0) is 35.9 Å². The van der Waals surface area contributed by atoms with Crippen molar-refractivity contribution in [3.63, 3.8) is 0 Å². The Hall–Kier alpha value is -2.56. The number of carbonyl (C=O) groups excluding carboxylic acids is 2.